The first-order valence-electron chi connectivity index (χ1n) is 7.02. The fourth-order valence-electron chi connectivity index (χ4n) is 2.42. The fourth-order valence-corrected chi connectivity index (χ4v) is 2.42. The number of nitrogens with two attached hydrogens (primary N) is 1. The molecule has 0 aromatic rings. The molecule has 0 aliphatic carbocycles. The number of carbonyl (C=O) groups is 1. The van der Waals surface area contributed by atoms with Gasteiger partial charge in [-0.25, -0.2) is 0 Å². The van der Waals surface area contributed by atoms with Crippen LogP contribution in [-0.4, -0.2) is 24.5 Å². The van der Waals surface area contributed by atoms with E-state index in [9.17, 15) is 4.79 Å². The molecule has 2 N–H and O–H groups in total. The molecule has 1 fully saturated rings. The third-order valence-corrected chi connectivity index (χ3v) is 3.96. The van der Waals surface area contributed by atoms with Crippen molar-refractivity contribution in [3.05, 3.63) is 0 Å². The molecule has 0 amide bonds. The minimum absolute atomic E-state index is 0.253. The normalized spacial score (nSPS) is 21.1. The van der Waals surface area contributed by atoms with Crippen molar-refractivity contribution >= 4 is 5.78 Å². The van der Waals surface area contributed by atoms with Gasteiger partial charge < -0.3 is 10.5 Å². The summed E-state index contributed by atoms with van der Waals surface area (Å²) in [5.74, 6) is 0.773. The average Bonchev–Trinajstić information content (AvgIpc) is 2.35. The average molecular weight is 241 g/mol. The summed E-state index contributed by atoms with van der Waals surface area (Å²) in [7, 11) is 0. The topological polar surface area (TPSA) is 52.3 Å². The van der Waals surface area contributed by atoms with Gasteiger partial charge in [-0.2, -0.15) is 0 Å². The molecule has 3 nitrogen and oxygen atoms in total. The zero-order valence-corrected chi connectivity index (χ0v) is 11.3. The molecule has 0 saturated carbocycles. The Kier molecular flexibility index (Phi) is 6.14. The molecule has 17 heavy (non-hydrogen) atoms. The molecule has 1 heterocycles. The lowest BCUT2D eigenvalue weighted by Crippen LogP contribution is -2.52. The van der Waals surface area contributed by atoms with E-state index in [4.69, 9.17) is 10.5 Å². The Morgan fingerprint density at radius 3 is 2.53 bits per heavy atom. The first-order chi connectivity index (χ1) is 8.12. The van der Waals surface area contributed by atoms with Crippen molar-refractivity contribution < 1.29 is 9.53 Å². The Hall–Kier alpha value is -0.410. The number of rotatable bonds is 7. The van der Waals surface area contributed by atoms with Gasteiger partial charge in [0.2, 0.25) is 0 Å². The number of hydrogen-bond acceptors (Lipinski definition) is 3. The number of carbonyl (C=O) groups excluding carboxylic acids is 1. The van der Waals surface area contributed by atoms with Gasteiger partial charge in [0.25, 0.3) is 0 Å². The maximum Gasteiger partial charge on any atom is 0.153 e. The SMILES string of the molecule is CCCCC(CC)CC(=O)C1(N)CCOCC1. The highest BCUT2D eigenvalue weighted by Gasteiger charge is 2.36. The van der Waals surface area contributed by atoms with Crippen molar-refractivity contribution in [2.75, 3.05) is 13.2 Å². The lowest BCUT2D eigenvalue weighted by molar-refractivity contribution is -0.128. The van der Waals surface area contributed by atoms with Gasteiger partial charge in [-0.3, -0.25) is 4.79 Å². The van der Waals surface area contributed by atoms with Crippen LogP contribution in [0.15, 0.2) is 0 Å². The smallest absolute Gasteiger partial charge is 0.153 e. The molecule has 100 valence electrons. The molecule has 0 aromatic heterocycles. The van der Waals surface area contributed by atoms with Crippen LogP contribution < -0.4 is 5.73 Å². The monoisotopic (exact) mass is 241 g/mol. The number of ketones is 1. The van der Waals surface area contributed by atoms with Gasteiger partial charge in [0, 0.05) is 19.6 Å². The second kappa shape index (κ2) is 7.12. The maximum atomic E-state index is 12.3. The predicted molar refractivity (Wildman–Crippen MR) is 69.9 cm³/mol. The van der Waals surface area contributed by atoms with E-state index in [1.165, 1.54) is 12.8 Å². The van der Waals surface area contributed by atoms with Crippen LogP contribution >= 0.6 is 0 Å². The summed E-state index contributed by atoms with van der Waals surface area (Å²) in [6.45, 7) is 5.63. The molecule has 0 spiro atoms. The number of ether oxygens (including phenoxy) is 1. The zero-order chi connectivity index (χ0) is 12.7. The summed E-state index contributed by atoms with van der Waals surface area (Å²) >= 11 is 0. The molecule has 0 aromatic carbocycles. The number of unbranched alkanes of at least 4 members (excludes halogenated alkanes) is 1. The third kappa shape index (κ3) is 4.40. The Bertz CT molecular complexity index is 234. The molecule has 1 aliphatic heterocycles. The van der Waals surface area contributed by atoms with E-state index in [2.05, 4.69) is 13.8 Å². The van der Waals surface area contributed by atoms with Crippen LogP contribution in [0.2, 0.25) is 0 Å². The van der Waals surface area contributed by atoms with Gasteiger partial charge in [-0.15, -0.1) is 0 Å². The number of hydrogen-bond donors (Lipinski definition) is 1. The van der Waals surface area contributed by atoms with Gasteiger partial charge in [0.05, 0.1) is 5.54 Å². The van der Waals surface area contributed by atoms with Gasteiger partial charge >= 0.3 is 0 Å². The highest BCUT2D eigenvalue weighted by molar-refractivity contribution is 5.88. The summed E-state index contributed by atoms with van der Waals surface area (Å²) in [6.07, 6.45) is 6.70. The first-order valence-corrected chi connectivity index (χ1v) is 7.02. The van der Waals surface area contributed by atoms with Crippen LogP contribution in [0.25, 0.3) is 0 Å². The van der Waals surface area contributed by atoms with Crippen LogP contribution in [0, 0.1) is 5.92 Å². The summed E-state index contributed by atoms with van der Waals surface area (Å²) in [5, 5.41) is 0. The molecule has 0 radical (unpaired) electrons. The second-order valence-electron chi connectivity index (χ2n) is 5.31. The summed E-state index contributed by atoms with van der Waals surface area (Å²) in [4.78, 5) is 12.3. The fraction of sp³-hybridized carbons (Fsp3) is 0.929. The molecule has 1 atom stereocenters. The zero-order valence-electron chi connectivity index (χ0n) is 11.3. The highest BCUT2D eigenvalue weighted by atomic mass is 16.5. The molecular weight excluding hydrogens is 214 g/mol. The van der Waals surface area contributed by atoms with E-state index >= 15 is 0 Å². The van der Waals surface area contributed by atoms with Crippen molar-refractivity contribution in [1.29, 1.82) is 0 Å². The van der Waals surface area contributed by atoms with Crippen molar-refractivity contribution in [3.63, 3.8) is 0 Å². The predicted octanol–water partition coefficient (Wildman–Crippen LogP) is 2.67. The molecule has 1 rings (SSSR count). The largest absolute Gasteiger partial charge is 0.381 e. The Balaban J connectivity index is 2.45. The standard InChI is InChI=1S/C14H27NO2/c1-3-5-6-12(4-2)11-13(16)14(15)7-9-17-10-8-14/h12H,3-11,15H2,1-2H3. The molecular formula is C14H27NO2. The minimum atomic E-state index is -0.599. The summed E-state index contributed by atoms with van der Waals surface area (Å²) in [5.41, 5.74) is 5.61. The van der Waals surface area contributed by atoms with E-state index in [0.717, 1.165) is 12.8 Å². The third-order valence-electron chi connectivity index (χ3n) is 3.96. The molecule has 1 saturated heterocycles. The van der Waals surface area contributed by atoms with Gasteiger partial charge in [0.1, 0.15) is 0 Å². The van der Waals surface area contributed by atoms with Crippen LogP contribution in [0.4, 0.5) is 0 Å². The van der Waals surface area contributed by atoms with Gasteiger partial charge in [-0.05, 0) is 18.8 Å². The van der Waals surface area contributed by atoms with Gasteiger partial charge in [0.15, 0.2) is 5.78 Å². The Morgan fingerprint density at radius 1 is 1.35 bits per heavy atom. The Labute approximate surface area is 105 Å². The van der Waals surface area contributed by atoms with Crippen molar-refractivity contribution in [3.8, 4) is 0 Å². The van der Waals surface area contributed by atoms with Crippen molar-refractivity contribution in [1.82, 2.24) is 0 Å². The van der Waals surface area contributed by atoms with Crippen LogP contribution in [-0.2, 0) is 9.53 Å². The van der Waals surface area contributed by atoms with Crippen molar-refractivity contribution in [2.45, 2.75) is 64.3 Å². The lowest BCUT2D eigenvalue weighted by atomic mass is 9.81. The van der Waals surface area contributed by atoms with Gasteiger partial charge in [-0.1, -0.05) is 39.5 Å². The molecule has 3 heteroatoms. The minimum Gasteiger partial charge on any atom is -0.381 e. The van der Waals surface area contributed by atoms with E-state index in [1.807, 2.05) is 0 Å². The quantitative estimate of drug-likeness (QED) is 0.745. The highest BCUT2D eigenvalue weighted by Crippen LogP contribution is 2.25. The van der Waals surface area contributed by atoms with Crippen LogP contribution in [0.5, 0.6) is 0 Å². The summed E-state index contributed by atoms with van der Waals surface area (Å²) < 4.78 is 5.28. The second-order valence-corrected chi connectivity index (χ2v) is 5.31. The van der Waals surface area contributed by atoms with E-state index < -0.39 is 5.54 Å². The summed E-state index contributed by atoms with van der Waals surface area (Å²) in [6, 6.07) is 0. The lowest BCUT2D eigenvalue weighted by Gasteiger charge is -2.33. The van der Waals surface area contributed by atoms with E-state index in [0.29, 0.717) is 38.4 Å². The molecule has 0 bridgehead atoms. The molecule has 1 unspecified atom stereocenters. The first kappa shape index (κ1) is 14.7. The van der Waals surface area contributed by atoms with Crippen molar-refractivity contribution in [2.24, 2.45) is 11.7 Å². The molecule has 1 aliphatic rings. The Morgan fingerprint density at radius 2 is 2.00 bits per heavy atom. The maximum absolute atomic E-state index is 12.3. The van der Waals surface area contributed by atoms with E-state index in [-0.39, 0.29) is 5.78 Å². The van der Waals surface area contributed by atoms with Crippen LogP contribution in [0.1, 0.15) is 58.8 Å². The van der Waals surface area contributed by atoms with E-state index in [1.54, 1.807) is 0 Å². The van der Waals surface area contributed by atoms with Crippen LogP contribution in [0.3, 0.4) is 0 Å². The number of Topliss-reactive ketones (excluding diaryl/α,β-unsaturated/α-hetero) is 1.